The maximum atomic E-state index is 12.7. The van der Waals surface area contributed by atoms with E-state index in [9.17, 15) is 4.79 Å². The van der Waals surface area contributed by atoms with E-state index in [2.05, 4.69) is 0 Å². The molecule has 0 saturated carbocycles. The first-order valence-electron chi connectivity index (χ1n) is 7.39. The summed E-state index contributed by atoms with van der Waals surface area (Å²) >= 11 is 5.79. The minimum Gasteiger partial charge on any atom is -0.455 e. The van der Waals surface area contributed by atoms with E-state index in [4.69, 9.17) is 16.0 Å². The first kappa shape index (κ1) is 14.9. The predicted octanol–water partition coefficient (Wildman–Crippen LogP) is 4.94. The van der Waals surface area contributed by atoms with Crippen LogP contribution in [0.15, 0.2) is 57.7 Å². The third kappa shape index (κ3) is 2.67. The Kier molecular flexibility index (Phi) is 4.30. The van der Waals surface area contributed by atoms with Gasteiger partial charge in [-0.25, -0.2) is 0 Å². The molecule has 0 fully saturated rings. The van der Waals surface area contributed by atoms with Gasteiger partial charge in [0.1, 0.15) is 11.3 Å². The second-order valence-electron chi connectivity index (χ2n) is 5.34. The fraction of sp³-hybridized carbons (Fsp3) is 0.211. The number of para-hydroxylation sites is 1. The fourth-order valence-electron chi connectivity index (χ4n) is 2.69. The van der Waals surface area contributed by atoms with E-state index in [1.807, 2.05) is 55.5 Å². The van der Waals surface area contributed by atoms with Gasteiger partial charge in [-0.05, 0) is 31.4 Å². The van der Waals surface area contributed by atoms with Gasteiger partial charge in [0, 0.05) is 17.0 Å². The number of alkyl halides is 1. The zero-order chi connectivity index (χ0) is 15.5. The van der Waals surface area contributed by atoms with Crippen LogP contribution in [0.25, 0.3) is 22.3 Å². The summed E-state index contributed by atoms with van der Waals surface area (Å²) in [4.78, 5) is 12.7. The van der Waals surface area contributed by atoms with Crippen molar-refractivity contribution in [3.63, 3.8) is 0 Å². The second kappa shape index (κ2) is 6.37. The summed E-state index contributed by atoms with van der Waals surface area (Å²) in [6.45, 7) is 1.82. The van der Waals surface area contributed by atoms with Crippen LogP contribution in [0.3, 0.4) is 0 Å². The van der Waals surface area contributed by atoms with Crippen LogP contribution < -0.4 is 5.43 Å². The average Bonchev–Trinajstić information content (AvgIpc) is 2.57. The minimum atomic E-state index is 0.0350. The molecule has 1 aromatic heterocycles. The van der Waals surface area contributed by atoms with Crippen molar-refractivity contribution in [1.82, 2.24) is 0 Å². The molecule has 0 spiro atoms. The lowest BCUT2D eigenvalue weighted by Gasteiger charge is -2.10. The molecule has 0 aliphatic carbocycles. The summed E-state index contributed by atoms with van der Waals surface area (Å²) in [5, 5.41) is 0.643. The molecule has 2 nitrogen and oxygen atoms in total. The van der Waals surface area contributed by atoms with E-state index in [1.165, 1.54) is 0 Å². The quantitative estimate of drug-likeness (QED) is 0.639. The number of hydrogen-bond donors (Lipinski definition) is 0. The molecule has 22 heavy (non-hydrogen) atoms. The summed E-state index contributed by atoms with van der Waals surface area (Å²) in [5.41, 5.74) is 3.32. The zero-order valence-electron chi connectivity index (χ0n) is 12.4. The van der Waals surface area contributed by atoms with Gasteiger partial charge in [0.15, 0.2) is 5.43 Å². The lowest BCUT2D eigenvalue weighted by Crippen LogP contribution is -2.08. The monoisotopic (exact) mass is 312 g/mol. The Morgan fingerprint density at radius 1 is 1.05 bits per heavy atom. The molecule has 0 radical (unpaired) electrons. The normalized spacial score (nSPS) is 11.0. The Bertz CT molecular complexity index is 850. The van der Waals surface area contributed by atoms with Crippen LogP contribution in [0.5, 0.6) is 0 Å². The van der Waals surface area contributed by atoms with E-state index >= 15 is 0 Å². The van der Waals surface area contributed by atoms with Gasteiger partial charge in [-0.1, -0.05) is 42.5 Å². The molecular formula is C19H17ClO2. The molecule has 112 valence electrons. The number of rotatable bonds is 4. The lowest BCUT2D eigenvalue weighted by molar-refractivity contribution is 0.608. The second-order valence-corrected chi connectivity index (χ2v) is 5.72. The van der Waals surface area contributed by atoms with Crippen LogP contribution in [0.1, 0.15) is 17.5 Å². The van der Waals surface area contributed by atoms with Gasteiger partial charge in [-0.3, -0.25) is 4.79 Å². The number of halogens is 1. The molecule has 0 amide bonds. The van der Waals surface area contributed by atoms with Crippen molar-refractivity contribution in [3.8, 4) is 11.3 Å². The Hall–Kier alpha value is -2.06. The number of benzene rings is 2. The van der Waals surface area contributed by atoms with Crippen molar-refractivity contribution in [1.29, 1.82) is 0 Å². The third-order valence-corrected chi connectivity index (χ3v) is 4.11. The Balaban J connectivity index is 2.27. The van der Waals surface area contributed by atoms with Crippen LogP contribution in [0, 0.1) is 6.92 Å². The maximum absolute atomic E-state index is 12.7. The van der Waals surface area contributed by atoms with Crippen molar-refractivity contribution in [2.75, 3.05) is 5.88 Å². The van der Waals surface area contributed by atoms with Gasteiger partial charge in [-0.15, -0.1) is 11.6 Å². The van der Waals surface area contributed by atoms with Crippen molar-refractivity contribution >= 4 is 22.6 Å². The van der Waals surface area contributed by atoms with Gasteiger partial charge in [0.25, 0.3) is 0 Å². The molecule has 2 aromatic carbocycles. The van der Waals surface area contributed by atoms with E-state index in [-0.39, 0.29) is 5.43 Å². The molecule has 0 unspecified atom stereocenters. The van der Waals surface area contributed by atoms with Crippen molar-refractivity contribution in [3.05, 3.63) is 69.9 Å². The van der Waals surface area contributed by atoms with E-state index in [0.717, 1.165) is 24.0 Å². The molecule has 0 bridgehead atoms. The SMILES string of the molecule is Cc1c(-c2ccccc2)oc2c(CCCCl)cccc2c1=O. The molecule has 3 aromatic rings. The Labute approximate surface area is 134 Å². The van der Waals surface area contributed by atoms with Gasteiger partial charge < -0.3 is 4.42 Å². The Morgan fingerprint density at radius 3 is 2.55 bits per heavy atom. The highest BCUT2D eigenvalue weighted by molar-refractivity contribution is 6.17. The van der Waals surface area contributed by atoms with E-state index in [1.54, 1.807) is 0 Å². The summed E-state index contributed by atoms with van der Waals surface area (Å²) in [6.07, 6.45) is 1.67. The number of aryl methyl sites for hydroxylation is 1. The molecule has 3 heteroatoms. The first-order chi connectivity index (χ1) is 10.7. The zero-order valence-corrected chi connectivity index (χ0v) is 13.2. The predicted molar refractivity (Wildman–Crippen MR) is 91.7 cm³/mol. The lowest BCUT2D eigenvalue weighted by atomic mass is 10.0. The summed E-state index contributed by atoms with van der Waals surface area (Å²) in [5.74, 6) is 1.24. The maximum Gasteiger partial charge on any atom is 0.196 e. The third-order valence-electron chi connectivity index (χ3n) is 3.84. The fourth-order valence-corrected chi connectivity index (χ4v) is 2.82. The van der Waals surface area contributed by atoms with Crippen LogP contribution in [-0.4, -0.2) is 5.88 Å². The Morgan fingerprint density at radius 2 is 1.82 bits per heavy atom. The highest BCUT2D eigenvalue weighted by Crippen LogP contribution is 2.27. The molecule has 0 N–H and O–H groups in total. The topological polar surface area (TPSA) is 30.2 Å². The average molecular weight is 313 g/mol. The largest absolute Gasteiger partial charge is 0.455 e. The smallest absolute Gasteiger partial charge is 0.196 e. The molecule has 3 rings (SSSR count). The van der Waals surface area contributed by atoms with Crippen LogP contribution >= 0.6 is 11.6 Å². The van der Waals surface area contributed by atoms with Crippen LogP contribution in [-0.2, 0) is 6.42 Å². The number of hydrogen-bond acceptors (Lipinski definition) is 2. The number of fused-ring (bicyclic) bond motifs is 1. The highest BCUT2D eigenvalue weighted by atomic mass is 35.5. The summed E-state index contributed by atoms with van der Waals surface area (Å²) in [6, 6.07) is 15.5. The summed E-state index contributed by atoms with van der Waals surface area (Å²) in [7, 11) is 0. The van der Waals surface area contributed by atoms with Gasteiger partial charge in [-0.2, -0.15) is 0 Å². The minimum absolute atomic E-state index is 0.0350. The van der Waals surface area contributed by atoms with Crippen LogP contribution in [0.2, 0.25) is 0 Å². The first-order valence-corrected chi connectivity index (χ1v) is 7.92. The van der Waals surface area contributed by atoms with Crippen molar-refractivity contribution in [2.45, 2.75) is 19.8 Å². The van der Waals surface area contributed by atoms with Gasteiger partial charge in [0.2, 0.25) is 0 Å². The molecule has 1 heterocycles. The molecule has 0 aliphatic heterocycles. The standard InChI is InChI=1S/C19H17ClO2/c1-13-17(21)16-11-5-9-15(10-6-12-20)19(16)22-18(13)14-7-3-2-4-8-14/h2-5,7-9,11H,6,10,12H2,1H3. The van der Waals surface area contributed by atoms with Crippen molar-refractivity contribution in [2.24, 2.45) is 0 Å². The van der Waals surface area contributed by atoms with E-state index < -0.39 is 0 Å². The molecule has 0 saturated heterocycles. The molecule has 0 atom stereocenters. The van der Waals surface area contributed by atoms with Gasteiger partial charge in [0.05, 0.1) is 5.39 Å². The van der Waals surface area contributed by atoms with Crippen LogP contribution in [0.4, 0.5) is 0 Å². The van der Waals surface area contributed by atoms with Crippen molar-refractivity contribution < 1.29 is 4.42 Å². The molecule has 0 aliphatic rings. The van der Waals surface area contributed by atoms with Gasteiger partial charge >= 0.3 is 0 Å². The molecular weight excluding hydrogens is 296 g/mol. The highest BCUT2D eigenvalue weighted by Gasteiger charge is 2.14. The van der Waals surface area contributed by atoms with E-state index in [0.29, 0.717) is 28.2 Å². The summed E-state index contributed by atoms with van der Waals surface area (Å²) < 4.78 is 6.14.